The van der Waals surface area contributed by atoms with E-state index in [1.807, 2.05) is 30.5 Å². The minimum atomic E-state index is -4.21. The summed E-state index contributed by atoms with van der Waals surface area (Å²) >= 11 is 0. The summed E-state index contributed by atoms with van der Waals surface area (Å²) in [5.74, 6) is -6.67. The van der Waals surface area contributed by atoms with Crippen molar-refractivity contribution in [1.82, 2.24) is 14.8 Å². The zero-order valence-corrected chi connectivity index (χ0v) is 49.0. The predicted octanol–water partition coefficient (Wildman–Crippen LogP) is 3.98. The number of aromatic carboxylic acids is 1. The summed E-state index contributed by atoms with van der Waals surface area (Å²) in [6.45, 7) is 17.7. The molecule has 4 aliphatic rings. The number of ketones is 1. The topological polar surface area (TPSA) is 277 Å². The summed E-state index contributed by atoms with van der Waals surface area (Å²) in [4.78, 5) is 55.7. The van der Waals surface area contributed by atoms with Crippen LogP contribution in [0.5, 0.6) is 0 Å². The summed E-state index contributed by atoms with van der Waals surface area (Å²) in [5.41, 5.74) is -2.87. The fourth-order valence-electron chi connectivity index (χ4n) is 12.5. The van der Waals surface area contributed by atoms with Gasteiger partial charge < -0.3 is 68.4 Å². The van der Waals surface area contributed by atoms with E-state index in [0.29, 0.717) is 37.7 Å². The third-order valence-electron chi connectivity index (χ3n) is 17.2. The summed E-state index contributed by atoms with van der Waals surface area (Å²) in [5, 5.41) is 48.5. The van der Waals surface area contributed by atoms with Gasteiger partial charge in [0, 0.05) is 69.1 Å². The second-order valence-electron chi connectivity index (χ2n) is 23.4. The highest BCUT2D eigenvalue weighted by atomic mass is 32.2. The lowest BCUT2D eigenvalue weighted by atomic mass is 9.74. The number of aryl methyl sites for hydroxylation is 3. The number of ether oxygens (including phenoxy) is 7. The maximum absolute atomic E-state index is 14.6. The second-order valence-corrected chi connectivity index (χ2v) is 25.2. The number of pyridine rings is 1. The molecule has 18 atom stereocenters. The summed E-state index contributed by atoms with van der Waals surface area (Å²) < 4.78 is 80.2. The molecule has 3 fully saturated rings. The van der Waals surface area contributed by atoms with Gasteiger partial charge in [-0.2, -0.15) is 8.42 Å². The molecule has 1 aromatic carbocycles. The van der Waals surface area contributed by atoms with Crippen molar-refractivity contribution >= 4 is 38.7 Å². The number of aliphatic hydroxyl groups excluding tert-OH is 2. The van der Waals surface area contributed by atoms with Crippen molar-refractivity contribution < 1.29 is 80.6 Å². The highest BCUT2D eigenvalue weighted by molar-refractivity contribution is 7.86. The number of nitrogens with one attached hydrogen (secondary N) is 1. The first kappa shape index (κ1) is 63.7. The Hall–Kier alpha value is -3.49. The molecule has 5 N–H and O–H groups in total. The van der Waals surface area contributed by atoms with Crippen LogP contribution < -0.4 is 10.7 Å². The third kappa shape index (κ3) is 13.9. The van der Waals surface area contributed by atoms with Crippen LogP contribution in [0.2, 0.25) is 0 Å². The maximum Gasteiger partial charge on any atom is 0.341 e. The van der Waals surface area contributed by atoms with E-state index >= 15 is 0 Å². The largest absolute Gasteiger partial charge is 0.477 e. The van der Waals surface area contributed by atoms with Crippen LogP contribution in [-0.4, -0.2) is 187 Å². The number of esters is 1. The molecule has 0 amide bonds. The summed E-state index contributed by atoms with van der Waals surface area (Å²) in [6, 6.07) is 3.46. The standard InChI is InChI=1S/C56H89N3O18S/c1-15-41-56(10,67)48(63)32(4)44(60)30(2)27-54(8,70-13)49(76-53-46(62)40(58(11)12)24-31(3)72-53)33(5)47(34(6)52(66)74-41)75-42-28-55(9,71-14)50(35(7)73-42)77-78(68,69)23-21-57-20-16-18-36-25-37-19-17-22-59-29-39(51(64)65)45(61)38(26-36)43(37)59/h25-26,29-35,40-42,46-50,53,57,62-63,67H,15-24,27-28H2,1-14H3,(H,64,65)/t30-,31-,32+,33+,34-,35+,40+,41-,42+,46-,47+,48-,49-,50+,53+,54-,55-,56-/m1/s1. The Labute approximate surface area is 460 Å². The molecule has 78 heavy (non-hydrogen) atoms. The molecule has 2 aromatic rings. The number of methoxy groups -OCH3 is 2. The highest BCUT2D eigenvalue weighted by Crippen LogP contribution is 2.43. The maximum atomic E-state index is 14.6. The van der Waals surface area contributed by atoms with Gasteiger partial charge in [-0.05, 0) is 124 Å². The van der Waals surface area contributed by atoms with Crippen LogP contribution in [0.3, 0.4) is 0 Å². The first-order valence-electron chi connectivity index (χ1n) is 27.7. The molecule has 4 aliphatic heterocycles. The van der Waals surface area contributed by atoms with Gasteiger partial charge in [-0.3, -0.25) is 18.6 Å². The Morgan fingerprint density at radius 3 is 2.22 bits per heavy atom. The van der Waals surface area contributed by atoms with Gasteiger partial charge in [-0.1, -0.05) is 33.8 Å². The van der Waals surface area contributed by atoms with Gasteiger partial charge in [0.15, 0.2) is 12.6 Å². The number of aliphatic hydroxyl groups is 3. The fourth-order valence-corrected chi connectivity index (χ4v) is 13.7. The fraction of sp³-hybridized carbons (Fsp3) is 0.786. The molecular weight excluding hydrogens is 1030 g/mol. The van der Waals surface area contributed by atoms with E-state index < -0.39 is 123 Å². The number of rotatable bonds is 18. The van der Waals surface area contributed by atoms with Crippen molar-refractivity contribution in [2.75, 3.05) is 47.2 Å². The van der Waals surface area contributed by atoms with E-state index in [4.69, 9.17) is 37.3 Å². The molecule has 3 saturated heterocycles. The predicted molar refractivity (Wildman–Crippen MR) is 288 cm³/mol. The van der Waals surface area contributed by atoms with E-state index in [1.54, 1.807) is 54.5 Å². The van der Waals surface area contributed by atoms with E-state index in [-0.39, 0.29) is 55.1 Å². The zero-order valence-electron chi connectivity index (χ0n) is 48.2. The highest BCUT2D eigenvalue weighted by Gasteiger charge is 2.55. The van der Waals surface area contributed by atoms with Crippen molar-refractivity contribution in [3.63, 3.8) is 0 Å². The number of cyclic esters (lactones) is 1. The Morgan fingerprint density at radius 1 is 0.923 bits per heavy atom. The van der Waals surface area contributed by atoms with Crippen LogP contribution in [0.1, 0.15) is 129 Å². The molecular formula is C56H89N3O18S. The molecule has 6 rings (SSSR count). The lowest BCUT2D eigenvalue weighted by Gasteiger charge is -2.50. The molecule has 0 radical (unpaired) electrons. The smallest absolute Gasteiger partial charge is 0.341 e. The van der Waals surface area contributed by atoms with Gasteiger partial charge in [0.05, 0.1) is 58.9 Å². The lowest BCUT2D eigenvalue weighted by molar-refractivity contribution is -0.317. The molecule has 0 spiro atoms. The van der Waals surface area contributed by atoms with E-state index in [0.717, 1.165) is 29.5 Å². The van der Waals surface area contributed by atoms with Crippen molar-refractivity contribution in [1.29, 1.82) is 0 Å². The molecule has 0 aliphatic carbocycles. The summed E-state index contributed by atoms with van der Waals surface area (Å²) in [6.07, 6.45) is -6.32. The van der Waals surface area contributed by atoms with Crippen molar-refractivity contribution in [2.45, 2.75) is 211 Å². The van der Waals surface area contributed by atoms with Gasteiger partial charge in [0.2, 0.25) is 5.43 Å². The van der Waals surface area contributed by atoms with Gasteiger partial charge in [0.25, 0.3) is 10.1 Å². The van der Waals surface area contributed by atoms with Crippen LogP contribution in [0.4, 0.5) is 0 Å². The number of likely N-dealkylation sites (N-methyl/N-ethyl adjacent to an activating group) is 1. The summed E-state index contributed by atoms with van der Waals surface area (Å²) in [7, 11) is 2.40. The molecule has 0 saturated carbocycles. The van der Waals surface area contributed by atoms with E-state index in [1.165, 1.54) is 34.3 Å². The monoisotopic (exact) mass is 1120 g/mol. The minimum absolute atomic E-state index is 0.0327. The number of benzene rings is 1. The zero-order chi connectivity index (χ0) is 58.0. The molecule has 442 valence electrons. The van der Waals surface area contributed by atoms with Crippen LogP contribution in [0.15, 0.2) is 23.1 Å². The minimum Gasteiger partial charge on any atom is -0.477 e. The van der Waals surface area contributed by atoms with Crippen LogP contribution in [-0.2, 0) is 76.4 Å². The van der Waals surface area contributed by atoms with Crippen LogP contribution in [0, 0.1) is 23.7 Å². The normalized spacial score (nSPS) is 37.5. The Balaban J connectivity index is 1.21. The van der Waals surface area contributed by atoms with Crippen LogP contribution >= 0.6 is 0 Å². The first-order chi connectivity index (χ1) is 36.4. The lowest BCUT2D eigenvalue weighted by Crippen LogP contribution is -2.62. The number of hydrogen-bond donors (Lipinski definition) is 5. The molecule has 0 bridgehead atoms. The average molecular weight is 1120 g/mol. The Bertz CT molecular complexity index is 2590. The van der Waals surface area contributed by atoms with Crippen LogP contribution in [0.25, 0.3) is 10.9 Å². The Kier molecular flexibility index (Phi) is 21.0. The van der Waals surface area contributed by atoms with Gasteiger partial charge >= 0.3 is 11.9 Å². The Morgan fingerprint density at radius 2 is 1.59 bits per heavy atom. The number of nitrogens with zero attached hydrogens (tertiary/aromatic N) is 2. The van der Waals surface area contributed by atoms with Gasteiger partial charge in [-0.15, -0.1) is 0 Å². The SMILES string of the molecule is CC[C@H]1OC(=O)[C@H](C)[C@@H](O[C@H]2C[C@@](C)(OC)[C@@H](OS(=O)(=O)CCNCCCc3cc4c5c(c3)c(=O)c(C(=O)O)cn5CCC4)[C@H](C)O2)[C@H](C)[C@@H](O[C@@H]2O[C@H](C)C[C@H](N(C)C)[C@H]2O)[C@](C)(OC)C[C@@H](C)C(=O)[C@H](C)[C@@H](O)[C@]1(C)O. The van der Waals surface area contributed by atoms with Crippen molar-refractivity contribution in [2.24, 2.45) is 23.7 Å². The number of carboxylic acid groups (broad SMARTS) is 1. The average Bonchev–Trinajstić information content (AvgIpc) is 3.38. The third-order valence-corrected chi connectivity index (χ3v) is 18.4. The number of aromatic nitrogens is 1. The van der Waals surface area contributed by atoms with E-state index in [2.05, 4.69) is 11.4 Å². The molecule has 5 heterocycles. The number of carbonyl (C=O) groups excluding carboxylic acids is 2. The first-order valence-corrected chi connectivity index (χ1v) is 29.3. The molecule has 0 unspecified atom stereocenters. The number of carbonyl (C=O) groups is 3. The second kappa shape index (κ2) is 25.8. The van der Waals surface area contributed by atoms with Crippen molar-refractivity contribution in [3.05, 3.63) is 45.2 Å². The van der Waals surface area contributed by atoms with Crippen molar-refractivity contribution in [3.8, 4) is 0 Å². The molecule has 22 heteroatoms. The van der Waals surface area contributed by atoms with Gasteiger partial charge in [0.1, 0.15) is 35.3 Å². The quantitative estimate of drug-likeness (QED) is 0.0802. The molecule has 1 aromatic heterocycles. The van der Waals surface area contributed by atoms with Gasteiger partial charge in [-0.25, -0.2) is 4.79 Å². The number of hydrogen-bond acceptors (Lipinski definition) is 19. The number of carboxylic acids is 1. The molecule has 21 nitrogen and oxygen atoms in total. The number of Topliss-reactive ketones (excluding diaryl/α,β-unsaturated/α-hetero) is 1. The van der Waals surface area contributed by atoms with E-state index in [9.17, 15) is 48.0 Å².